The number of rotatable bonds is 2. The van der Waals surface area contributed by atoms with Gasteiger partial charge in [0.2, 0.25) is 0 Å². The van der Waals surface area contributed by atoms with Crippen molar-refractivity contribution in [3.63, 3.8) is 0 Å². The van der Waals surface area contributed by atoms with Crippen LogP contribution in [0.5, 0.6) is 0 Å². The Labute approximate surface area is 127 Å². The number of aliphatic hydroxyl groups excluding tert-OH is 1. The van der Waals surface area contributed by atoms with Crippen molar-refractivity contribution in [2.45, 2.75) is 18.9 Å². The smallest absolute Gasteiger partial charge is 0.267 e. The average molecular weight is 311 g/mol. The van der Waals surface area contributed by atoms with Crippen molar-refractivity contribution in [1.82, 2.24) is 15.2 Å². The fraction of sp³-hybridized carbons (Fsp3) is 0.692. The number of amides is 1. The number of aromatic nitrogens is 1. The Balaban J connectivity index is 1.75. The lowest BCUT2D eigenvalue weighted by Crippen LogP contribution is -2.43. The number of piperidine rings is 1. The number of hydrogen-bond donors (Lipinski definition) is 3. The zero-order valence-electron chi connectivity index (χ0n) is 11.9. The summed E-state index contributed by atoms with van der Waals surface area (Å²) in [7, 11) is 0. The summed E-state index contributed by atoms with van der Waals surface area (Å²) >= 11 is 1.36. The van der Waals surface area contributed by atoms with E-state index in [-0.39, 0.29) is 5.91 Å². The molecule has 1 amide bonds. The first-order valence-corrected chi connectivity index (χ1v) is 8.16. The monoisotopic (exact) mass is 311 g/mol. The van der Waals surface area contributed by atoms with Crippen molar-refractivity contribution in [3.8, 4) is 0 Å². The molecule has 21 heavy (non-hydrogen) atoms. The molecule has 1 atom stereocenters. The van der Waals surface area contributed by atoms with Crippen LogP contribution in [0.4, 0.5) is 10.9 Å². The molecule has 0 saturated carbocycles. The van der Waals surface area contributed by atoms with Gasteiger partial charge in [-0.2, -0.15) is 0 Å². The van der Waals surface area contributed by atoms with Gasteiger partial charge in [-0.25, -0.2) is 4.98 Å². The van der Waals surface area contributed by atoms with E-state index in [1.54, 1.807) is 4.90 Å². The molecule has 8 heteroatoms. The second-order valence-corrected chi connectivity index (χ2v) is 6.47. The lowest BCUT2D eigenvalue weighted by atomic mass is 10.1. The molecule has 0 aliphatic carbocycles. The summed E-state index contributed by atoms with van der Waals surface area (Å²) < 4.78 is 0. The van der Waals surface area contributed by atoms with Crippen LogP contribution >= 0.6 is 11.3 Å². The maximum atomic E-state index is 12.5. The topological polar surface area (TPSA) is 94.7 Å². The third-order valence-electron chi connectivity index (χ3n) is 3.91. The Morgan fingerprint density at radius 1 is 1.38 bits per heavy atom. The van der Waals surface area contributed by atoms with Crippen molar-refractivity contribution >= 4 is 28.2 Å². The van der Waals surface area contributed by atoms with Crippen LogP contribution in [-0.4, -0.2) is 66.3 Å². The molecule has 7 nitrogen and oxygen atoms in total. The van der Waals surface area contributed by atoms with Crippen LogP contribution < -0.4 is 16.0 Å². The summed E-state index contributed by atoms with van der Waals surface area (Å²) in [6, 6.07) is 0. The molecule has 2 aliphatic heterocycles. The van der Waals surface area contributed by atoms with Gasteiger partial charge in [0.05, 0.1) is 6.10 Å². The molecule has 1 unspecified atom stereocenters. The molecule has 0 bridgehead atoms. The molecule has 4 N–H and O–H groups in total. The van der Waals surface area contributed by atoms with Gasteiger partial charge in [0.25, 0.3) is 5.91 Å². The van der Waals surface area contributed by atoms with Crippen molar-refractivity contribution in [2.75, 3.05) is 49.9 Å². The van der Waals surface area contributed by atoms with Crippen LogP contribution in [0.3, 0.4) is 0 Å². The SMILES string of the molecule is Nc1nc(N2CCNCC2)sc1C(=O)N1CCCC(O)C1. The van der Waals surface area contributed by atoms with E-state index < -0.39 is 6.10 Å². The number of carbonyl (C=O) groups excluding carboxylic acids is 1. The number of carbonyl (C=O) groups is 1. The zero-order chi connectivity index (χ0) is 14.8. The predicted octanol–water partition coefficient (Wildman–Crippen LogP) is -0.268. The minimum atomic E-state index is -0.426. The molecule has 1 aromatic rings. The number of nitrogens with two attached hydrogens (primary N) is 1. The van der Waals surface area contributed by atoms with Crippen molar-refractivity contribution in [3.05, 3.63) is 4.88 Å². The Kier molecular flexibility index (Phi) is 4.27. The Bertz CT molecular complexity index is 515. The maximum absolute atomic E-state index is 12.5. The number of hydrogen-bond acceptors (Lipinski definition) is 7. The van der Waals surface area contributed by atoms with Gasteiger partial charge in [-0.1, -0.05) is 11.3 Å². The Morgan fingerprint density at radius 3 is 2.86 bits per heavy atom. The first-order chi connectivity index (χ1) is 10.1. The molecule has 0 spiro atoms. The van der Waals surface area contributed by atoms with Gasteiger partial charge in [-0.05, 0) is 12.8 Å². The summed E-state index contributed by atoms with van der Waals surface area (Å²) in [5, 5.41) is 13.8. The summed E-state index contributed by atoms with van der Waals surface area (Å²) in [5.74, 6) is 0.198. The highest BCUT2D eigenvalue weighted by Gasteiger charge is 2.27. The van der Waals surface area contributed by atoms with E-state index in [0.29, 0.717) is 23.8 Å². The first-order valence-electron chi connectivity index (χ1n) is 7.34. The van der Waals surface area contributed by atoms with E-state index in [1.807, 2.05) is 0 Å². The second-order valence-electron chi connectivity index (χ2n) is 5.50. The minimum Gasteiger partial charge on any atom is -0.391 e. The lowest BCUT2D eigenvalue weighted by Gasteiger charge is -2.29. The molecule has 116 valence electrons. The van der Waals surface area contributed by atoms with Gasteiger partial charge >= 0.3 is 0 Å². The summed E-state index contributed by atoms with van der Waals surface area (Å²) in [4.78, 5) is 21.2. The molecular formula is C13H21N5O2S. The molecular weight excluding hydrogens is 290 g/mol. The van der Waals surface area contributed by atoms with E-state index in [1.165, 1.54) is 11.3 Å². The van der Waals surface area contributed by atoms with E-state index in [9.17, 15) is 9.90 Å². The van der Waals surface area contributed by atoms with Crippen LogP contribution in [-0.2, 0) is 0 Å². The van der Waals surface area contributed by atoms with E-state index in [2.05, 4.69) is 15.2 Å². The normalized spacial score (nSPS) is 23.4. The first kappa shape index (κ1) is 14.6. The van der Waals surface area contributed by atoms with Gasteiger partial charge < -0.3 is 26.0 Å². The molecule has 2 fully saturated rings. The highest BCUT2D eigenvalue weighted by Crippen LogP contribution is 2.30. The van der Waals surface area contributed by atoms with Crippen LogP contribution in [0, 0.1) is 0 Å². The number of anilines is 2. The predicted molar refractivity (Wildman–Crippen MR) is 82.8 cm³/mol. The number of nitrogens with one attached hydrogen (secondary N) is 1. The zero-order valence-corrected chi connectivity index (χ0v) is 12.7. The molecule has 3 heterocycles. The molecule has 2 saturated heterocycles. The van der Waals surface area contributed by atoms with Gasteiger partial charge in [0, 0.05) is 39.3 Å². The van der Waals surface area contributed by atoms with E-state index in [4.69, 9.17) is 5.73 Å². The third kappa shape index (κ3) is 3.12. The maximum Gasteiger partial charge on any atom is 0.267 e. The molecule has 3 rings (SSSR count). The summed E-state index contributed by atoms with van der Waals surface area (Å²) in [6.07, 6.45) is 1.16. The molecule has 0 radical (unpaired) electrons. The van der Waals surface area contributed by atoms with Gasteiger partial charge in [0.15, 0.2) is 5.13 Å². The fourth-order valence-corrected chi connectivity index (χ4v) is 3.75. The lowest BCUT2D eigenvalue weighted by molar-refractivity contribution is 0.0478. The van der Waals surface area contributed by atoms with Crippen molar-refractivity contribution in [1.29, 1.82) is 0 Å². The number of likely N-dealkylation sites (tertiary alicyclic amines) is 1. The van der Waals surface area contributed by atoms with E-state index >= 15 is 0 Å². The third-order valence-corrected chi connectivity index (χ3v) is 5.03. The number of piperazine rings is 1. The van der Waals surface area contributed by atoms with Crippen molar-refractivity contribution < 1.29 is 9.90 Å². The number of β-amino-alcohol motifs (C(OH)–C–C–N with tert-alkyl or cyclic N) is 1. The highest BCUT2D eigenvalue weighted by atomic mass is 32.1. The van der Waals surface area contributed by atoms with Gasteiger partial charge in [-0.3, -0.25) is 4.79 Å². The van der Waals surface area contributed by atoms with Gasteiger partial charge in [-0.15, -0.1) is 0 Å². The van der Waals surface area contributed by atoms with Gasteiger partial charge in [0.1, 0.15) is 10.7 Å². The highest BCUT2D eigenvalue weighted by molar-refractivity contribution is 7.18. The van der Waals surface area contributed by atoms with Crippen LogP contribution in [0.1, 0.15) is 22.5 Å². The molecule has 1 aromatic heterocycles. The van der Waals surface area contributed by atoms with Crippen molar-refractivity contribution in [2.24, 2.45) is 0 Å². The van der Waals surface area contributed by atoms with Crippen LogP contribution in [0.15, 0.2) is 0 Å². The molecule has 2 aliphatic rings. The number of aliphatic hydroxyl groups is 1. The number of nitrogen functional groups attached to an aromatic ring is 1. The van der Waals surface area contributed by atoms with E-state index in [0.717, 1.165) is 44.2 Å². The summed E-state index contributed by atoms with van der Waals surface area (Å²) in [6.45, 7) is 4.66. The average Bonchev–Trinajstić information content (AvgIpc) is 2.89. The van der Waals surface area contributed by atoms with Crippen LogP contribution in [0.25, 0.3) is 0 Å². The minimum absolute atomic E-state index is 0.106. The Morgan fingerprint density at radius 2 is 2.14 bits per heavy atom. The molecule has 0 aromatic carbocycles. The number of nitrogens with zero attached hydrogens (tertiary/aromatic N) is 3. The fourth-order valence-electron chi connectivity index (χ4n) is 2.75. The second kappa shape index (κ2) is 6.17. The summed E-state index contributed by atoms with van der Waals surface area (Å²) in [5.41, 5.74) is 5.94. The largest absolute Gasteiger partial charge is 0.391 e. The Hall–Kier alpha value is -1.38. The number of thiazole rings is 1. The standard InChI is InChI=1S/C13H21N5O2S/c14-11-10(12(20)18-5-1-2-9(19)8-18)21-13(16-11)17-6-3-15-4-7-17/h9,15,19H,1-8,14H2. The quantitative estimate of drug-likeness (QED) is 0.696. The van der Waals surface area contributed by atoms with Crippen LogP contribution in [0.2, 0.25) is 0 Å².